The van der Waals surface area contributed by atoms with Crippen LogP contribution < -0.4 is 0 Å². The second kappa shape index (κ2) is 8.46. The van der Waals surface area contributed by atoms with Gasteiger partial charge in [-0.3, -0.25) is 0 Å². The molecule has 2 rings (SSSR count). The van der Waals surface area contributed by atoms with Crippen molar-refractivity contribution in [2.24, 2.45) is 0 Å². The number of carbonyl (C=O) groups excluding carboxylic acids is 1. The standard InChI is InChI=1S/C17H19ClO7/c1-9-12(6-14(25-9)16(22)15(21)13(20)7-19)17(23)24-8-10-2-4-11(18)5-3-10/h2-6,13,15-16,19-22H,7-8H2,1H3/t13-,15-,16-/m0/s1. The van der Waals surface area contributed by atoms with Crippen LogP contribution in [0.2, 0.25) is 5.02 Å². The Labute approximate surface area is 149 Å². The van der Waals surface area contributed by atoms with Crippen LogP contribution in [0.15, 0.2) is 34.7 Å². The van der Waals surface area contributed by atoms with E-state index in [-0.39, 0.29) is 23.7 Å². The van der Waals surface area contributed by atoms with E-state index >= 15 is 0 Å². The number of hydrogen-bond acceptors (Lipinski definition) is 7. The summed E-state index contributed by atoms with van der Waals surface area (Å²) in [6.45, 7) is 0.808. The molecule has 1 aromatic carbocycles. The zero-order valence-electron chi connectivity index (χ0n) is 13.4. The second-order valence-electron chi connectivity index (χ2n) is 5.51. The highest BCUT2D eigenvalue weighted by atomic mass is 35.5. The fourth-order valence-electron chi connectivity index (χ4n) is 2.15. The zero-order chi connectivity index (χ0) is 18.6. The van der Waals surface area contributed by atoms with Gasteiger partial charge in [0.2, 0.25) is 0 Å². The second-order valence-corrected chi connectivity index (χ2v) is 5.94. The van der Waals surface area contributed by atoms with E-state index < -0.39 is 30.9 Å². The largest absolute Gasteiger partial charge is 0.463 e. The number of aliphatic hydroxyl groups excluding tert-OH is 4. The van der Waals surface area contributed by atoms with Crippen molar-refractivity contribution < 1.29 is 34.4 Å². The van der Waals surface area contributed by atoms with Crippen molar-refractivity contribution in [3.05, 3.63) is 58.0 Å². The van der Waals surface area contributed by atoms with Crippen molar-refractivity contribution in [2.75, 3.05) is 6.61 Å². The minimum atomic E-state index is -1.66. The maximum absolute atomic E-state index is 12.2. The van der Waals surface area contributed by atoms with Crippen LogP contribution in [0, 0.1) is 6.92 Å². The highest BCUT2D eigenvalue weighted by Crippen LogP contribution is 2.25. The summed E-state index contributed by atoms with van der Waals surface area (Å²) in [5.74, 6) is -0.580. The lowest BCUT2D eigenvalue weighted by molar-refractivity contribution is -0.0837. The van der Waals surface area contributed by atoms with Crippen molar-refractivity contribution in [2.45, 2.75) is 31.8 Å². The number of hydrogen-bond donors (Lipinski definition) is 4. The molecule has 0 aliphatic heterocycles. The third-order valence-corrected chi connectivity index (χ3v) is 3.89. The van der Waals surface area contributed by atoms with Crippen LogP contribution in [0.1, 0.15) is 33.5 Å². The highest BCUT2D eigenvalue weighted by molar-refractivity contribution is 6.30. The number of ether oxygens (including phenoxy) is 1. The van der Waals surface area contributed by atoms with Gasteiger partial charge in [-0.1, -0.05) is 23.7 Å². The summed E-state index contributed by atoms with van der Waals surface area (Å²) in [5.41, 5.74) is 0.842. The molecule has 2 aromatic rings. The summed E-state index contributed by atoms with van der Waals surface area (Å²) in [6.07, 6.45) is -4.80. The van der Waals surface area contributed by atoms with E-state index in [0.717, 1.165) is 5.56 Å². The summed E-state index contributed by atoms with van der Waals surface area (Å²) in [4.78, 5) is 12.2. The fourth-order valence-corrected chi connectivity index (χ4v) is 2.27. The van der Waals surface area contributed by atoms with Gasteiger partial charge in [0.15, 0.2) is 0 Å². The third-order valence-electron chi connectivity index (χ3n) is 3.64. The van der Waals surface area contributed by atoms with Crippen LogP contribution in [0.5, 0.6) is 0 Å². The van der Waals surface area contributed by atoms with Crippen molar-refractivity contribution in [3.63, 3.8) is 0 Å². The first kappa shape index (κ1) is 19.4. The minimum Gasteiger partial charge on any atom is -0.463 e. The molecule has 3 atom stereocenters. The van der Waals surface area contributed by atoms with Gasteiger partial charge < -0.3 is 29.6 Å². The van der Waals surface area contributed by atoms with Crippen LogP contribution in [0.4, 0.5) is 0 Å². The zero-order valence-corrected chi connectivity index (χ0v) is 14.2. The summed E-state index contributed by atoms with van der Waals surface area (Å²) >= 11 is 5.78. The maximum atomic E-state index is 12.2. The lowest BCUT2D eigenvalue weighted by atomic mass is 10.1. The van der Waals surface area contributed by atoms with Gasteiger partial charge in [-0.15, -0.1) is 0 Å². The number of benzene rings is 1. The predicted molar refractivity (Wildman–Crippen MR) is 88.1 cm³/mol. The molecule has 0 unspecified atom stereocenters. The summed E-state index contributed by atoms with van der Waals surface area (Å²) in [7, 11) is 0. The lowest BCUT2D eigenvalue weighted by Crippen LogP contribution is -2.34. The lowest BCUT2D eigenvalue weighted by Gasteiger charge is -2.19. The Bertz CT molecular complexity index is 710. The van der Waals surface area contributed by atoms with E-state index in [1.807, 2.05) is 0 Å². The number of esters is 1. The Morgan fingerprint density at radius 3 is 2.48 bits per heavy atom. The van der Waals surface area contributed by atoms with Crippen LogP contribution in [0.3, 0.4) is 0 Å². The van der Waals surface area contributed by atoms with Gasteiger partial charge >= 0.3 is 5.97 Å². The topological polar surface area (TPSA) is 120 Å². The van der Waals surface area contributed by atoms with Gasteiger partial charge in [0, 0.05) is 5.02 Å². The summed E-state index contributed by atoms with van der Waals surface area (Å²) in [6, 6.07) is 8.03. The molecule has 0 aliphatic rings. The van der Waals surface area contributed by atoms with E-state index in [0.29, 0.717) is 5.02 Å². The molecule has 136 valence electrons. The Balaban J connectivity index is 2.05. The molecule has 0 radical (unpaired) electrons. The molecule has 0 spiro atoms. The average Bonchev–Trinajstić information content (AvgIpc) is 3.00. The van der Waals surface area contributed by atoms with Crippen LogP contribution >= 0.6 is 11.6 Å². The van der Waals surface area contributed by atoms with Crippen LogP contribution in [-0.4, -0.2) is 45.2 Å². The third kappa shape index (κ3) is 4.81. The molecular formula is C17H19ClO7. The van der Waals surface area contributed by atoms with Crippen molar-refractivity contribution in [1.82, 2.24) is 0 Å². The molecule has 0 amide bonds. The van der Waals surface area contributed by atoms with Gasteiger partial charge in [-0.2, -0.15) is 0 Å². The number of furan rings is 1. The van der Waals surface area contributed by atoms with E-state index in [1.165, 1.54) is 13.0 Å². The van der Waals surface area contributed by atoms with Crippen molar-refractivity contribution in [1.29, 1.82) is 0 Å². The molecule has 25 heavy (non-hydrogen) atoms. The number of rotatable bonds is 7. The SMILES string of the molecule is Cc1oc([C@H](O)[C@@H](O)[C@@H](O)CO)cc1C(=O)OCc1ccc(Cl)cc1. The molecule has 0 fully saturated rings. The smallest absolute Gasteiger partial charge is 0.342 e. The van der Waals surface area contributed by atoms with Gasteiger partial charge in [0.25, 0.3) is 0 Å². The summed E-state index contributed by atoms with van der Waals surface area (Å²) in [5, 5.41) is 38.4. The highest BCUT2D eigenvalue weighted by Gasteiger charge is 2.29. The molecule has 8 heteroatoms. The van der Waals surface area contributed by atoms with Gasteiger partial charge in [-0.05, 0) is 30.7 Å². The van der Waals surface area contributed by atoms with Crippen LogP contribution in [-0.2, 0) is 11.3 Å². The first-order valence-electron chi connectivity index (χ1n) is 7.50. The Kier molecular flexibility index (Phi) is 6.57. The van der Waals surface area contributed by atoms with Crippen molar-refractivity contribution >= 4 is 17.6 Å². The van der Waals surface area contributed by atoms with E-state index in [9.17, 15) is 20.1 Å². The molecule has 0 bridgehead atoms. The Morgan fingerprint density at radius 1 is 1.24 bits per heavy atom. The van der Waals surface area contributed by atoms with E-state index in [1.54, 1.807) is 24.3 Å². The monoisotopic (exact) mass is 370 g/mol. The summed E-state index contributed by atoms with van der Waals surface area (Å²) < 4.78 is 10.4. The minimum absolute atomic E-state index is 0.0321. The molecule has 4 N–H and O–H groups in total. The molecule has 0 aliphatic carbocycles. The predicted octanol–water partition coefficient (Wildman–Crippen LogP) is 1.35. The van der Waals surface area contributed by atoms with Crippen molar-refractivity contribution in [3.8, 4) is 0 Å². The Morgan fingerprint density at radius 2 is 1.88 bits per heavy atom. The first-order chi connectivity index (χ1) is 11.8. The van der Waals surface area contributed by atoms with Crippen LogP contribution in [0.25, 0.3) is 0 Å². The number of aliphatic hydroxyl groups is 4. The fraction of sp³-hybridized carbons (Fsp3) is 0.353. The molecule has 0 saturated carbocycles. The maximum Gasteiger partial charge on any atom is 0.342 e. The van der Waals surface area contributed by atoms with Gasteiger partial charge in [0.05, 0.1) is 6.61 Å². The molecule has 0 saturated heterocycles. The molecular weight excluding hydrogens is 352 g/mol. The van der Waals surface area contributed by atoms with Gasteiger partial charge in [0.1, 0.15) is 42.0 Å². The number of halogens is 1. The molecule has 7 nitrogen and oxygen atoms in total. The quantitative estimate of drug-likeness (QED) is 0.543. The normalized spacial score (nSPS) is 14.8. The van der Waals surface area contributed by atoms with E-state index in [2.05, 4.69) is 0 Å². The first-order valence-corrected chi connectivity index (χ1v) is 7.88. The number of carbonyl (C=O) groups is 1. The number of aryl methyl sites for hydroxylation is 1. The molecule has 1 heterocycles. The van der Waals surface area contributed by atoms with E-state index in [4.69, 9.17) is 25.9 Å². The Hall–Kier alpha value is -1.90. The molecule has 1 aromatic heterocycles. The van der Waals surface area contributed by atoms with Gasteiger partial charge in [-0.25, -0.2) is 4.79 Å². The average molecular weight is 371 g/mol.